The summed E-state index contributed by atoms with van der Waals surface area (Å²) in [4.78, 5) is 19.6. The summed E-state index contributed by atoms with van der Waals surface area (Å²) in [6.07, 6.45) is 4.34. The first-order chi connectivity index (χ1) is 8.74. The maximum absolute atomic E-state index is 10.8. The predicted octanol–water partition coefficient (Wildman–Crippen LogP) is 1.88. The quantitative estimate of drug-likeness (QED) is 0.660. The molecule has 0 bridgehead atoms. The first-order valence-corrected chi connectivity index (χ1v) is 5.73. The average molecular weight is 244 g/mol. The van der Waals surface area contributed by atoms with Gasteiger partial charge in [-0.3, -0.25) is 10.1 Å². The number of rotatable bonds is 3. The monoisotopic (exact) mass is 244 g/mol. The van der Waals surface area contributed by atoms with Crippen LogP contribution in [-0.4, -0.2) is 21.4 Å². The molecule has 0 amide bonds. The normalized spacial score (nSPS) is 13.7. The Kier molecular flexibility index (Phi) is 2.47. The van der Waals surface area contributed by atoms with Crippen LogP contribution in [0.2, 0.25) is 0 Å². The molecule has 0 unspecified atom stereocenters. The van der Waals surface area contributed by atoms with E-state index in [9.17, 15) is 10.1 Å². The lowest BCUT2D eigenvalue weighted by Gasteiger charge is -2.17. The first-order valence-electron chi connectivity index (χ1n) is 5.73. The van der Waals surface area contributed by atoms with Gasteiger partial charge in [0.15, 0.2) is 0 Å². The van der Waals surface area contributed by atoms with E-state index in [2.05, 4.69) is 14.9 Å². The average Bonchev–Trinajstić information content (AvgIpc) is 2.99. The van der Waals surface area contributed by atoms with Gasteiger partial charge in [-0.1, -0.05) is 6.07 Å². The molecule has 1 aliphatic heterocycles. The number of hydrogen-bond donors (Lipinski definition) is 1. The van der Waals surface area contributed by atoms with Gasteiger partial charge in [0.05, 0.1) is 23.5 Å². The Labute approximate surface area is 103 Å². The van der Waals surface area contributed by atoms with Gasteiger partial charge >= 0.3 is 0 Å². The van der Waals surface area contributed by atoms with Crippen molar-refractivity contribution in [2.45, 2.75) is 13.0 Å². The molecular formula is C12H12N4O2. The van der Waals surface area contributed by atoms with Gasteiger partial charge in [-0.25, -0.2) is 4.98 Å². The molecule has 0 radical (unpaired) electrons. The highest BCUT2D eigenvalue weighted by Gasteiger charge is 2.22. The fraction of sp³-hybridized carbons (Fsp3) is 0.250. The second-order valence-electron chi connectivity index (χ2n) is 4.32. The highest BCUT2D eigenvalue weighted by atomic mass is 16.6. The number of nitrogens with one attached hydrogen (secondary N) is 1. The van der Waals surface area contributed by atoms with Gasteiger partial charge in [0.25, 0.3) is 5.69 Å². The lowest BCUT2D eigenvalue weighted by molar-refractivity contribution is -0.384. The molecule has 2 aromatic rings. The Hall–Kier alpha value is -2.37. The molecule has 0 atom stereocenters. The molecule has 0 spiro atoms. The van der Waals surface area contributed by atoms with E-state index in [4.69, 9.17) is 0 Å². The van der Waals surface area contributed by atoms with Gasteiger partial charge in [0.2, 0.25) is 0 Å². The van der Waals surface area contributed by atoms with E-state index in [1.807, 2.05) is 6.07 Å². The lowest BCUT2D eigenvalue weighted by Crippen LogP contribution is -2.19. The molecule has 18 heavy (non-hydrogen) atoms. The summed E-state index contributed by atoms with van der Waals surface area (Å²) in [5.41, 5.74) is 3.28. The Morgan fingerprint density at radius 3 is 3.11 bits per heavy atom. The van der Waals surface area contributed by atoms with Crippen molar-refractivity contribution in [1.29, 1.82) is 0 Å². The van der Waals surface area contributed by atoms with Crippen LogP contribution in [-0.2, 0) is 13.0 Å². The summed E-state index contributed by atoms with van der Waals surface area (Å²) in [5, 5.41) is 10.8. The van der Waals surface area contributed by atoms with Crippen molar-refractivity contribution < 1.29 is 4.92 Å². The molecule has 0 saturated heterocycles. The van der Waals surface area contributed by atoms with Gasteiger partial charge in [0.1, 0.15) is 0 Å². The number of aromatic nitrogens is 2. The molecule has 1 aromatic carbocycles. The maximum Gasteiger partial charge on any atom is 0.271 e. The van der Waals surface area contributed by atoms with E-state index in [1.54, 1.807) is 24.7 Å². The molecule has 0 fully saturated rings. The molecule has 3 rings (SSSR count). The van der Waals surface area contributed by atoms with E-state index in [1.165, 1.54) is 5.56 Å². The number of imidazole rings is 1. The highest BCUT2D eigenvalue weighted by Crippen LogP contribution is 2.32. The largest absolute Gasteiger partial charge is 0.365 e. The smallest absolute Gasteiger partial charge is 0.271 e. The summed E-state index contributed by atoms with van der Waals surface area (Å²) < 4.78 is 0. The summed E-state index contributed by atoms with van der Waals surface area (Å²) in [6.45, 7) is 1.59. The minimum Gasteiger partial charge on any atom is -0.365 e. The van der Waals surface area contributed by atoms with Crippen LogP contribution >= 0.6 is 0 Å². The van der Waals surface area contributed by atoms with E-state index in [-0.39, 0.29) is 10.6 Å². The van der Waals surface area contributed by atoms with Crippen molar-refractivity contribution in [2.24, 2.45) is 0 Å². The number of nitrogens with zero attached hydrogens (tertiary/aromatic N) is 3. The molecule has 1 aliphatic rings. The number of anilines is 1. The molecule has 6 heteroatoms. The van der Waals surface area contributed by atoms with Gasteiger partial charge in [-0.2, -0.15) is 0 Å². The van der Waals surface area contributed by atoms with Gasteiger partial charge < -0.3 is 9.88 Å². The minimum absolute atomic E-state index is 0.144. The van der Waals surface area contributed by atoms with Crippen molar-refractivity contribution in [3.8, 4) is 0 Å². The van der Waals surface area contributed by atoms with Crippen LogP contribution < -0.4 is 4.90 Å². The second-order valence-corrected chi connectivity index (χ2v) is 4.32. The van der Waals surface area contributed by atoms with E-state index >= 15 is 0 Å². The van der Waals surface area contributed by atoms with E-state index in [0.29, 0.717) is 6.54 Å². The van der Waals surface area contributed by atoms with Crippen molar-refractivity contribution >= 4 is 11.4 Å². The fourth-order valence-electron chi connectivity index (χ4n) is 2.29. The van der Waals surface area contributed by atoms with E-state index < -0.39 is 0 Å². The lowest BCUT2D eigenvalue weighted by atomic mass is 10.1. The number of H-pyrrole nitrogens is 1. The standard InChI is InChI=1S/C12H12N4O2/c17-16(18)11-2-1-9-3-4-15(12(9)5-11)7-10-6-13-8-14-10/h1-2,5-6,8H,3-4,7H2,(H,13,14). The number of benzene rings is 1. The molecule has 2 heterocycles. The predicted molar refractivity (Wildman–Crippen MR) is 66.4 cm³/mol. The first kappa shape index (κ1) is 10.8. The summed E-state index contributed by atoms with van der Waals surface area (Å²) in [5.74, 6) is 0. The third-order valence-electron chi connectivity index (χ3n) is 3.19. The third kappa shape index (κ3) is 1.81. The number of nitro benzene ring substituents is 1. The molecule has 0 saturated carbocycles. The third-order valence-corrected chi connectivity index (χ3v) is 3.19. The van der Waals surface area contributed by atoms with Crippen molar-refractivity contribution in [3.05, 3.63) is 52.1 Å². The van der Waals surface area contributed by atoms with E-state index in [0.717, 1.165) is 24.3 Å². The second kappa shape index (κ2) is 4.14. The zero-order valence-corrected chi connectivity index (χ0v) is 9.67. The molecule has 1 aromatic heterocycles. The Bertz CT molecular complexity index is 580. The molecular weight excluding hydrogens is 232 g/mol. The van der Waals surface area contributed by atoms with Crippen LogP contribution in [0.1, 0.15) is 11.3 Å². The highest BCUT2D eigenvalue weighted by molar-refractivity contribution is 5.62. The van der Waals surface area contributed by atoms with Crippen LogP contribution in [0.5, 0.6) is 0 Å². The van der Waals surface area contributed by atoms with Crippen LogP contribution in [0, 0.1) is 10.1 Å². The van der Waals surface area contributed by atoms with Crippen LogP contribution in [0.4, 0.5) is 11.4 Å². The van der Waals surface area contributed by atoms with Crippen molar-refractivity contribution in [2.75, 3.05) is 11.4 Å². The fourth-order valence-corrected chi connectivity index (χ4v) is 2.29. The SMILES string of the molecule is O=[N+]([O-])c1ccc2c(c1)N(Cc1cnc[nH]1)CC2. The Balaban J connectivity index is 1.90. The topological polar surface area (TPSA) is 75.1 Å². The zero-order valence-electron chi connectivity index (χ0n) is 9.67. The molecule has 0 aliphatic carbocycles. The number of fused-ring (bicyclic) bond motifs is 1. The number of non-ortho nitro benzene ring substituents is 1. The van der Waals surface area contributed by atoms with Crippen LogP contribution in [0.25, 0.3) is 0 Å². The zero-order chi connectivity index (χ0) is 12.5. The number of aromatic amines is 1. The summed E-state index contributed by atoms with van der Waals surface area (Å²) >= 11 is 0. The molecule has 6 nitrogen and oxygen atoms in total. The molecule has 1 N–H and O–H groups in total. The van der Waals surface area contributed by atoms with Crippen molar-refractivity contribution in [3.63, 3.8) is 0 Å². The maximum atomic E-state index is 10.8. The van der Waals surface area contributed by atoms with Crippen LogP contribution in [0.3, 0.4) is 0 Å². The molecule has 92 valence electrons. The number of hydrogen-bond acceptors (Lipinski definition) is 4. The summed E-state index contributed by atoms with van der Waals surface area (Å²) in [7, 11) is 0. The minimum atomic E-state index is -0.354. The van der Waals surface area contributed by atoms with Gasteiger partial charge in [0, 0.05) is 30.6 Å². The Morgan fingerprint density at radius 1 is 1.50 bits per heavy atom. The Morgan fingerprint density at radius 2 is 2.39 bits per heavy atom. The summed E-state index contributed by atoms with van der Waals surface area (Å²) in [6, 6.07) is 5.07. The van der Waals surface area contributed by atoms with Gasteiger partial charge in [-0.05, 0) is 12.0 Å². The van der Waals surface area contributed by atoms with Crippen LogP contribution in [0.15, 0.2) is 30.7 Å². The van der Waals surface area contributed by atoms with Gasteiger partial charge in [-0.15, -0.1) is 0 Å². The van der Waals surface area contributed by atoms with Crippen molar-refractivity contribution in [1.82, 2.24) is 9.97 Å². The number of nitro groups is 1.